The van der Waals surface area contributed by atoms with Crippen molar-refractivity contribution in [3.63, 3.8) is 0 Å². The maximum atomic E-state index is 13.4. The molecule has 0 N–H and O–H groups in total. The van der Waals surface area contributed by atoms with Crippen molar-refractivity contribution in [1.82, 2.24) is 24.1 Å². The first kappa shape index (κ1) is 22.7. The third-order valence-corrected chi connectivity index (χ3v) is 5.07. The maximum Gasteiger partial charge on any atom is 0.203 e. The van der Waals surface area contributed by atoms with E-state index in [9.17, 15) is 4.39 Å². The number of nitrogens with zero attached hydrogens (tertiary/aromatic N) is 5. The van der Waals surface area contributed by atoms with E-state index in [1.807, 2.05) is 23.3 Å². The SMILES string of the molecule is CC(C)CN(CC(C)C)Cn1nc(C(C)N(C)C)n(-c2ccc(F)cc2)c1=S. The van der Waals surface area contributed by atoms with Gasteiger partial charge in [0, 0.05) is 18.8 Å². The highest BCUT2D eigenvalue weighted by Gasteiger charge is 2.21. The molecule has 0 aliphatic heterocycles. The lowest BCUT2D eigenvalue weighted by Gasteiger charge is -2.25. The van der Waals surface area contributed by atoms with Gasteiger partial charge in [0.2, 0.25) is 4.77 Å². The summed E-state index contributed by atoms with van der Waals surface area (Å²) in [6, 6.07) is 6.49. The van der Waals surface area contributed by atoms with Crippen LogP contribution in [0.1, 0.15) is 46.5 Å². The summed E-state index contributed by atoms with van der Waals surface area (Å²) in [7, 11) is 4.04. The molecule has 1 aromatic carbocycles. The Kier molecular flexibility index (Phi) is 7.92. The Balaban J connectivity index is 2.49. The van der Waals surface area contributed by atoms with E-state index in [4.69, 9.17) is 17.3 Å². The first-order chi connectivity index (χ1) is 13.1. The van der Waals surface area contributed by atoms with Gasteiger partial charge in [-0.15, -0.1) is 0 Å². The van der Waals surface area contributed by atoms with Gasteiger partial charge in [0.25, 0.3) is 0 Å². The second-order valence-electron chi connectivity index (χ2n) is 8.56. The fraction of sp³-hybridized carbons (Fsp3) is 0.619. The lowest BCUT2D eigenvalue weighted by molar-refractivity contribution is 0.164. The average Bonchev–Trinajstić information content (AvgIpc) is 2.90. The van der Waals surface area contributed by atoms with E-state index in [2.05, 4.69) is 44.4 Å². The molecule has 0 radical (unpaired) electrons. The molecule has 0 bridgehead atoms. The van der Waals surface area contributed by atoms with Crippen molar-refractivity contribution >= 4 is 12.2 Å². The Morgan fingerprint density at radius 3 is 2.00 bits per heavy atom. The van der Waals surface area contributed by atoms with Gasteiger partial charge in [-0.3, -0.25) is 14.4 Å². The second-order valence-corrected chi connectivity index (χ2v) is 8.92. The van der Waals surface area contributed by atoms with Crippen LogP contribution in [0, 0.1) is 22.4 Å². The summed E-state index contributed by atoms with van der Waals surface area (Å²) in [5, 5.41) is 4.88. The molecule has 2 aromatic rings. The first-order valence-corrected chi connectivity index (χ1v) is 10.4. The van der Waals surface area contributed by atoms with Gasteiger partial charge in [0.1, 0.15) is 5.82 Å². The summed E-state index contributed by atoms with van der Waals surface area (Å²) in [6.07, 6.45) is 0. The molecule has 0 amide bonds. The van der Waals surface area contributed by atoms with Crippen molar-refractivity contribution in [2.24, 2.45) is 11.8 Å². The van der Waals surface area contributed by atoms with Gasteiger partial charge in [-0.25, -0.2) is 9.07 Å². The zero-order chi connectivity index (χ0) is 21.0. The summed E-state index contributed by atoms with van der Waals surface area (Å²) in [6.45, 7) is 13.6. The maximum absolute atomic E-state index is 13.4. The van der Waals surface area contributed by atoms with Crippen LogP contribution in [0.25, 0.3) is 5.69 Å². The number of hydrogen-bond acceptors (Lipinski definition) is 4. The van der Waals surface area contributed by atoms with Crippen LogP contribution in [0.3, 0.4) is 0 Å². The molecule has 0 aliphatic carbocycles. The number of rotatable bonds is 9. The molecule has 1 aromatic heterocycles. The molecule has 7 heteroatoms. The summed E-state index contributed by atoms with van der Waals surface area (Å²) in [5.41, 5.74) is 0.834. The second kappa shape index (κ2) is 9.76. The molecule has 0 spiro atoms. The highest BCUT2D eigenvalue weighted by Crippen LogP contribution is 2.22. The molecular weight excluding hydrogens is 373 g/mol. The Hall–Kier alpha value is -1.57. The largest absolute Gasteiger partial charge is 0.300 e. The summed E-state index contributed by atoms with van der Waals surface area (Å²) in [4.78, 5) is 4.50. The van der Waals surface area contributed by atoms with Crippen LogP contribution in [0.2, 0.25) is 0 Å². The molecule has 0 aliphatic rings. The molecule has 156 valence electrons. The molecule has 1 heterocycles. The van der Waals surface area contributed by atoms with Crippen molar-refractivity contribution in [2.45, 2.75) is 47.3 Å². The summed E-state index contributed by atoms with van der Waals surface area (Å²) >= 11 is 5.80. The predicted octanol–water partition coefficient (Wildman–Crippen LogP) is 4.74. The van der Waals surface area contributed by atoms with Crippen molar-refractivity contribution in [3.05, 3.63) is 40.7 Å². The minimum absolute atomic E-state index is 0.0663. The smallest absolute Gasteiger partial charge is 0.203 e. The Morgan fingerprint density at radius 2 is 1.54 bits per heavy atom. The van der Waals surface area contributed by atoms with E-state index in [-0.39, 0.29) is 11.9 Å². The van der Waals surface area contributed by atoms with Gasteiger partial charge >= 0.3 is 0 Å². The Bertz CT molecular complexity index is 797. The molecule has 0 fully saturated rings. The number of halogens is 1. The van der Waals surface area contributed by atoms with Crippen molar-refractivity contribution < 1.29 is 4.39 Å². The third kappa shape index (κ3) is 5.72. The average molecular weight is 408 g/mol. The van der Waals surface area contributed by atoms with Crippen LogP contribution in [0.5, 0.6) is 0 Å². The number of hydrogen-bond donors (Lipinski definition) is 0. The van der Waals surface area contributed by atoms with E-state index in [1.165, 1.54) is 12.1 Å². The Labute approximate surface area is 173 Å². The minimum atomic E-state index is -0.259. The van der Waals surface area contributed by atoms with Crippen molar-refractivity contribution in [3.8, 4) is 5.69 Å². The fourth-order valence-corrected chi connectivity index (χ4v) is 3.56. The molecule has 2 rings (SSSR count). The van der Waals surface area contributed by atoms with Crippen LogP contribution < -0.4 is 0 Å². The van der Waals surface area contributed by atoms with Crippen molar-refractivity contribution in [1.29, 1.82) is 0 Å². The molecule has 5 nitrogen and oxygen atoms in total. The van der Waals surface area contributed by atoms with Crippen LogP contribution in [-0.4, -0.2) is 51.3 Å². The standard InChI is InChI=1S/C21H34FN5S/c1-15(2)12-25(13-16(3)4)14-26-21(28)27(19-10-8-18(22)9-11-19)20(23-26)17(5)24(6)7/h8-11,15-17H,12-14H2,1-7H3. The monoisotopic (exact) mass is 407 g/mol. The fourth-order valence-electron chi connectivity index (χ4n) is 3.26. The summed E-state index contributed by atoms with van der Waals surface area (Å²) < 4.78 is 17.9. The quantitative estimate of drug-likeness (QED) is 0.562. The van der Waals surface area contributed by atoms with Crippen LogP contribution >= 0.6 is 12.2 Å². The molecule has 1 atom stereocenters. The van der Waals surface area contributed by atoms with E-state index in [1.54, 1.807) is 12.1 Å². The van der Waals surface area contributed by atoms with Crippen molar-refractivity contribution in [2.75, 3.05) is 27.2 Å². The lowest BCUT2D eigenvalue weighted by atomic mass is 10.1. The molecule has 0 saturated heterocycles. The summed E-state index contributed by atoms with van der Waals surface area (Å²) in [5.74, 6) is 1.72. The van der Waals surface area contributed by atoms with Gasteiger partial charge in [-0.05, 0) is 69.3 Å². The lowest BCUT2D eigenvalue weighted by Crippen LogP contribution is -2.33. The predicted molar refractivity (Wildman–Crippen MR) is 116 cm³/mol. The number of benzene rings is 1. The van der Waals surface area contributed by atoms with E-state index >= 15 is 0 Å². The van der Waals surface area contributed by atoms with Gasteiger partial charge in [0.15, 0.2) is 5.82 Å². The zero-order valence-electron chi connectivity index (χ0n) is 18.2. The number of aromatic nitrogens is 3. The zero-order valence-corrected chi connectivity index (χ0v) is 19.0. The Morgan fingerprint density at radius 1 is 1.00 bits per heavy atom. The normalized spacial score (nSPS) is 13.3. The van der Waals surface area contributed by atoms with Crippen LogP contribution in [0.15, 0.2) is 24.3 Å². The van der Waals surface area contributed by atoms with Gasteiger partial charge in [-0.2, -0.15) is 5.10 Å². The van der Waals surface area contributed by atoms with Crippen LogP contribution in [-0.2, 0) is 6.67 Å². The highest BCUT2D eigenvalue weighted by molar-refractivity contribution is 7.71. The first-order valence-electron chi connectivity index (χ1n) is 9.94. The van der Waals surface area contributed by atoms with E-state index < -0.39 is 0 Å². The van der Waals surface area contributed by atoms with Gasteiger partial charge in [0.05, 0.1) is 12.7 Å². The molecular formula is C21H34FN5S. The van der Waals surface area contributed by atoms with Gasteiger partial charge in [-0.1, -0.05) is 27.7 Å². The molecule has 0 saturated carbocycles. The minimum Gasteiger partial charge on any atom is -0.300 e. The van der Waals surface area contributed by atoms with E-state index in [0.717, 1.165) is 24.6 Å². The third-order valence-electron chi connectivity index (χ3n) is 4.68. The molecule has 1 unspecified atom stereocenters. The molecule has 28 heavy (non-hydrogen) atoms. The van der Waals surface area contributed by atoms with E-state index in [0.29, 0.717) is 23.3 Å². The van der Waals surface area contributed by atoms with Crippen LogP contribution in [0.4, 0.5) is 4.39 Å². The van der Waals surface area contributed by atoms with Gasteiger partial charge < -0.3 is 0 Å². The topological polar surface area (TPSA) is 29.2 Å². The highest BCUT2D eigenvalue weighted by atomic mass is 32.1.